The Bertz CT molecular complexity index is 525. The number of pyridine rings is 1. The Kier molecular flexibility index (Phi) is 4.92. The third-order valence-electron chi connectivity index (χ3n) is 2.59. The molecule has 0 radical (unpaired) electrons. The van der Waals surface area contributed by atoms with Crippen LogP contribution in [0.15, 0.2) is 36.0 Å². The lowest BCUT2D eigenvalue weighted by Gasteiger charge is -2.07. The number of rotatable bonds is 5. The maximum Gasteiger partial charge on any atom is 0.315 e. The van der Waals surface area contributed by atoms with Crippen molar-refractivity contribution in [2.75, 3.05) is 6.54 Å². The molecule has 0 unspecified atom stereocenters. The van der Waals surface area contributed by atoms with Crippen molar-refractivity contribution in [3.63, 3.8) is 0 Å². The molecule has 0 aliphatic carbocycles. The summed E-state index contributed by atoms with van der Waals surface area (Å²) < 4.78 is 0. The van der Waals surface area contributed by atoms with Gasteiger partial charge in [-0.25, -0.2) is 4.79 Å². The van der Waals surface area contributed by atoms with Crippen LogP contribution in [0.25, 0.3) is 10.4 Å². The normalized spacial score (nSPS) is 10.2. The third kappa shape index (κ3) is 4.06. The van der Waals surface area contributed by atoms with Crippen LogP contribution in [0.4, 0.5) is 4.79 Å². The zero-order valence-electron chi connectivity index (χ0n) is 10.8. The van der Waals surface area contributed by atoms with Gasteiger partial charge in [-0.2, -0.15) is 0 Å². The molecule has 0 spiro atoms. The summed E-state index contributed by atoms with van der Waals surface area (Å²) in [7, 11) is 0. The van der Waals surface area contributed by atoms with Crippen molar-refractivity contribution in [2.45, 2.75) is 19.9 Å². The first kappa shape index (κ1) is 13.5. The summed E-state index contributed by atoms with van der Waals surface area (Å²) in [4.78, 5) is 16.8. The lowest BCUT2D eigenvalue weighted by Crippen LogP contribution is -2.35. The molecule has 2 aromatic rings. The van der Waals surface area contributed by atoms with Gasteiger partial charge in [-0.15, -0.1) is 11.3 Å². The van der Waals surface area contributed by atoms with Crippen LogP contribution < -0.4 is 10.6 Å². The van der Waals surface area contributed by atoms with Crippen LogP contribution >= 0.6 is 11.3 Å². The highest BCUT2D eigenvalue weighted by Crippen LogP contribution is 2.24. The molecule has 0 aliphatic heterocycles. The van der Waals surface area contributed by atoms with Gasteiger partial charge in [0.05, 0.1) is 0 Å². The van der Waals surface area contributed by atoms with Gasteiger partial charge in [0.1, 0.15) is 0 Å². The van der Waals surface area contributed by atoms with Gasteiger partial charge in [0.15, 0.2) is 0 Å². The number of amides is 2. The molecule has 0 saturated heterocycles. The number of nitrogens with zero attached hydrogens (tertiary/aromatic N) is 1. The molecule has 4 nitrogen and oxygen atoms in total. The summed E-state index contributed by atoms with van der Waals surface area (Å²) in [5.41, 5.74) is 2.08. The maximum absolute atomic E-state index is 11.4. The predicted molar refractivity (Wildman–Crippen MR) is 78.1 cm³/mol. The first-order valence-corrected chi connectivity index (χ1v) is 7.17. The second kappa shape index (κ2) is 6.89. The molecule has 0 aromatic carbocycles. The second-order valence-corrected chi connectivity index (χ2v) is 5.12. The molecule has 100 valence electrons. The molecule has 2 heterocycles. The summed E-state index contributed by atoms with van der Waals surface area (Å²) in [6.07, 6.45) is 4.55. The first-order valence-electron chi connectivity index (χ1n) is 6.29. The molecule has 5 heteroatoms. The fraction of sp³-hybridized carbons (Fsp3) is 0.286. The van der Waals surface area contributed by atoms with E-state index >= 15 is 0 Å². The zero-order valence-corrected chi connectivity index (χ0v) is 11.7. The summed E-state index contributed by atoms with van der Waals surface area (Å²) in [5.74, 6) is 0. The molecule has 0 atom stereocenters. The Morgan fingerprint density at radius 2 is 2.26 bits per heavy atom. The van der Waals surface area contributed by atoms with Gasteiger partial charge in [0.25, 0.3) is 0 Å². The number of hydrogen-bond donors (Lipinski definition) is 2. The quantitative estimate of drug-likeness (QED) is 0.881. The topological polar surface area (TPSA) is 54.0 Å². The Morgan fingerprint density at radius 3 is 3.00 bits per heavy atom. The molecule has 0 aliphatic rings. The molecular formula is C14H17N3OS. The van der Waals surface area contributed by atoms with Crippen molar-refractivity contribution in [2.24, 2.45) is 0 Å². The fourth-order valence-corrected chi connectivity index (χ4v) is 2.35. The van der Waals surface area contributed by atoms with E-state index in [0.717, 1.165) is 17.5 Å². The fourth-order valence-electron chi connectivity index (χ4n) is 1.65. The lowest BCUT2D eigenvalue weighted by molar-refractivity contribution is 0.240. The Balaban J connectivity index is 1.94. The minimum absolute atomic E-state index is 0.136. The van der Waals surface area contributed by atoms with Crippen LogP contribution in [-0.4, -0.2) is 17.6 Å². The SMILES string of the molecule is CCCNC(=O)NCc1cncc(-c2cccs2)c1. The van der Waals surface area contributed by atoms with Crippen molar-refractivity contribution in [1.82, 2.24) is 15.6 Å². The highest BCUT2D eigenvalue weighted by molar-refractivity contribution is 7.13. The zero-order chi connectivity index (χ0) is 13.5. The summed E-state index contributed by atoms with van der Waals surface area (Å²) in [6, 6.07) is 6.00. The van der Waals surface area contributed by atoms with Gasteiger partial charge in [0.2, 0.25) is 0 Å². The van der Waals surface area contributed by atoms with Crippen LogP contribution in [0.5, 0.6) is 0 Å². The minimum Gasteiger partial charge on any atom is -0.338 e. The van der Waals surface area contributed by atoms with Crippen LogP contribution in [0, 0.1) is 0 Å². The molecule has 0 bridgehead atoms. The maximum atomic E-state index is 11.4. The smallest absolute Gasteiger partial charge is 0.315 e. The monoisotopic (exact) mass is 275 g/mol. The third-order valence-corrected chi connectivity index (χ3v) is 3.51. The summed E-state index contributed by atoms with van der Waals surface area (Å²) in [5, 5.41) is 7.64. The van der Waals surface area contributed by atoms with Gasteiger partial charge in [-0.1, -0.05) is 13.0 Å². The standard InChI is InChI=1S/C14H17N3OS/c1-2-5-16-14(18)17-9-11-7-12(10-15-8-11)13-4-3-6-19-13/h3-4,6-8,10H,2,5,9H2,1H3,(H2,16,17,18). The van der Waals surface area contributed by atoms with Gasteiger partial charge < -0.3 is 10.6 Å². The van der Waals surface area contributed by atoms with Gasteiger partial charge in [-0.05, 0) is 29.5 Å². The predicted octanol–water partition coefficient (Wildman–Crippen LogP) is 3.02. The van der Waals surface area contributed by atoms with E-state index in [1.165, 1.54) is 4.88 Å². The Hall–Kier alpha value is -1.88. The van der Waals surface area contributed by atoms with Gasteiger partial charge in [0, 0.05) is 35.9 Å². The number of thiophene rings is 1. The number of carbonyl (C=O) groups excluding carboxylic acids is 1. The highest BCUT2D eigenvalue weighted by Gasteiger charge is 2.03. The number of urea groups is 1. The van der Waals surface area contributed by atoms with E-state index in [4.69, 9.17) is 0 Å². The van der Waals surface area contributed by atoms with E-state index in [1.807, 2.05) is 24.6 Å². The number of carbonyl (C=O) groups is 1. The van der Waals surface area contributed by atoms with Crippen molar-refractivity contribution in [3.8, 4) is 10.4 Å². The van der Waals surface area contributed by atoms with Crippen LogP contribution in [0.1, 0.15) is 18.9 Å². The van der Waals surface area contributed by atoms with Gasteiger partial charge in [-0.3, -0.25) is 4.98 Å². The summed E-state index contributed by atoms with van der Waals surface area (Å²) >= 11 is 1.68. The average molecular weight is 275 g/mol. The van der Waals surface area contributed by atoms with Crippen molar-refractivity contribution in [1.29, 1.82) is 0 Å². The Labute approximate surface area is 116 Å². The molecule has 2 rings (SSSR count). The minimum atomic E-state index is -0.136. The molecule has 0 saturated carbocycles. The molecule has 2 aromatic heterocycles. The second-order valence-electron chi connectivity index (χ2n) is 4.17. The lowest BCUT2D eigenvalue weighted by atomic mass is 10.2. The first-order chi connectivity index (χ1) is 9.29. The number of aromatic nitrogens is 1. The number of nitrogens with one attached hydrogen (secondary N) is 2. The largest absolute Gasteiger partial charge is 0.338 e. The Morgan fingerprint density at radius 1 is 1.37 bits per heavy atom. The average Bonchev–Trinajstić information content (AvgIpc) is 2.97. The van der Waals surface area contributed by atoms with E-state index in [-0.39, 0.29) is 6.03 Å². The van der Waals surface area contributed by atoms with E-state index in [9.17, 15) is 4.79 Å². The van der Waals surface area contributed by atoms with Gasteiger partial charge >= 0.3 is 6.03 Å². The van der Waals surface area contributed by atoms with Crippen LogP contribution in [0.3, 0.4) is 0 Å². The molecule has 2 N–H and O–H groups in total. The molecule has 19 heavy (non-hydrogen) atoms. The number of hydrogen-bond acceptors (Lipinski definition) is 3. The van der Waals surface area contributed by atoms with Crippen molar-refractivity contribution in [3.05, 3.63) is 41.5 Å². The highest BCUT2D eigenvalue weighted by atomic mass is 32.1. The van der Waals surface area contributed by atoms with E-state index < -0.39 is 0 Å². The van der Waals surface area contributed by atoms with Crippen LogP contribution in [0.2, 0.25) is 0 Å². The molecular weight excluding hydrogens is 258 g/mol. The molecule has 2 amide bonds. The molecule has 0 fully saturated rings. The van der Waals surface area contributed by atoms with E-state index in [2.05, 4.69) is 27.8 Å². The summed E-state index contributed by atoms with van der Waals surface area (Å²) in [6.45, 7) is 3.20. The van der Waals surface area contributed by atoms with Crippen molar-refractivity contribution < 1.29 is 4.79 Å². The van der Waals surface area contributed by atoms with Crippen LogP contribution in [-0.2, 0) is 6.54 Å². The van der Waals surface area contributed by atoms with E-state index in [1.54, 1.807) is 17.5 Å². The van der Waals surface area contributed by atoms with Crippen molar-refractivity contribution >= 4 is 17.4 Å². The van der Waals surface area contributed by atoms with E-state index in [0.29, 0.717) is 13.1 Å².